The molecule has 0 aliphatic rings. The Morgan fingerprint density at radius 3 is 2.78 bits per heavy atom. The quantitative estimate of drug-likeness (QED) is 0.568. The van der Waals surface area contributed by atoms with E-state index in [2.05, 4.69) is 4.98 Å². The highest BCUT2D eigenvalue weighted by Crippen LogP contribution is 2.20. The van der Waals surface area contributed by atoms with Gasteiger partial charge in [-0.2, -0.15) is 0 Å². The van der Waals surface area contributed by atoms with Gasteiger partial charge in [-0.3, -0.25) is 0 Å². The Hall–Kier alpha value is -2.49. The van der Waals surface area contributed by atoms with E-state index in [0.29, 0.717) is 4.88 Å². The molecular formula is C14H8NO6S2-. The normalized spacial score (nSPS) is 12.7. The van der Waals surface area contributed by atoms with Crippen molar-refractivity contribution in [1.29, 1.82) is 0 Å². The van der Waals surface area contributed by atoms with Gasteiger partial charge in [0.25, 0.3) is 0 Å². The van der Waals surface area contributed by atoms with E-state index in [1.165, 1.54) is 17.4 Å². The molecule has 0 saturated heterocycles. The van der Waals surface area contributed by atoms with E-state index >= 15 is 0 Å². The molecule has 0 saturated carbocycles. The Kier molecular flexibility index (Phi) is 3.76. The lowest BCUT2D eigenvalue weighted by Crippen LogP contribution is -2.07. The average molecular weight is 350 g/mol. The zero-order valence-electron chi connectivity index (χ0n) is 11.3. The third kappa shape index (κ3) is 3.16. The minimum absolute atomic E-state index is 0.0201. The van der Waals surface area contributed by atoms with Gasteiger partial charge < -0.3 is 14.1 Å². The van der Waals surface area contributed by atoms with Crippen LogP contribution in [0.25, 0.3) is 22.9 Å². The Labute approximate surface area is 133 Å². The number of thiophene rings is 1. The third-order valence-corrected chi connectivity index (χ3v) is 4.64. The second-order valence-corrected chi connectivity index (χ2v) is 6.80. The summed E-state index contributed by atoms with van der Waals surface area (Å²) in [5.74, 6) is -0.174. The van der Waals surface area contributed by atoms with Gasteiger partial charge >= 0.3 is 5.63 Å². The molecule has 2 aromatic heterocycles. The van der Waals surface area contributed by atoms with Crippen molar-refractivity contribution < 1.29 is 22.5 Å². The van der Waals surface area contributed by atoms with Crippen LogP contribution in [-0.4, -0.2) is 23.1 Å². The van der Waals surface area contributed by atoms with Crippen LogP contribution in [0.3, 0.4) is 0 Å². The van der Waals surface area contributed by atoms with Crippen LogP contribution in [-0.2, 0) is 10.1 Å². The lowest BCUT2D eigenvalue weighted by molar-refractivity contribution is 0.463. The van der Waals surface area contributed by atoms with Crippen molar-refractivity contribution in [3.8, 4) is 0 Å². The Morgan fingerprint density at radius 2 is 2.13 bits per heavy atom. The minimum atomic E-state index is -4.65. The first-order chi connectivity index (χ1) is 10.8. The van der Waals surface area contributed by atoms with Crippen molar-refractivity contribution >= 4 is 44.4 Å². The van der Waals surface area contributed by atoms with Crippen LogP contribution >= 0.6 is 11.3 Å². The molecule has 0 unspecified atom stereocenters. The van der Waals surface area contributed by atoms with Gasteiger partial charge in [-0.15, -0.1) is 11.3 Å². The summed E-state index contributed by atoms with van der Waals surface area (Å²) in [5.41, 5.74) is -0.941. The zero-order valence-corrected chi connectivity index (χ0v) is 12.9. The van der Waals surface area contributed by atoms with Crippen LogP contribution in [0.1, 0.15) is 10.6 Å². The lowest BCUT2D eigenvalue weighted by Gasteiger charge is -2.07. The molecule has 23 heavy (non-hydrogen) atoms. The number of hydrogen-bond acceptors (Lipinski definition) is 8. The molecule has 0 spiro atoms. The number of rotatable bonds is 3. The molecule has 0 aliphatic heterocycles. The lowest BCUT2D eigenvalue weighted by atomic mass is 10.3. The monoisotopic (exact) mass is 350 g/mol. The number of hydrogen-bond donors (Lipinski definition) is 1. The first kappa shape index (κ1) is 15.4. The largest absolute Gasteiger partial charge is 0.744 e. The second kappa shape index (κ2) is 5.61. The highest BCUT2D eigenvalue weighted by molar-refractivity contribution is 7.85. The van der Waals surface area contributed by atoms with Crippen LogP contribution in [0.4, 0.5) is 0 Å². The molecule has 2 heterocycles. The molecule has 0 atom stereocenters. The summed E-state index contributed by atoms with van der Waals surface area (Å²) in [5, 5.41) is 11.7. The fraction of sp³-hybridized carbons (Fsp3) is 0. The van der Waals surface area contributed by atoms with Crippen molar-refractivity contribution in [2.75, 3.05) is 0 Å². The van der Waals surface area contributed by atoms with Crippen molar-refractivity contribution in [2.45, 2.75) is 4.90 Å². The predicted octanol–water partition coefficient (Wildman–Crippen LogP) is 2.21. The Morgan fingerprint density at radius 1 is 1.35 bits per heavy atom. The molecule has 0 amide bonds. The van der Waals surface area contributed by atoms with Crippen molar-refractivity contribution in [3.05, 3.63) is 56.7 Å². The molecule has 118 valence electrons. The van der Waals surface area contributed by atoms with E-state index in [-0.39, 0.29) is 22.6 Å². The molecule has 0 bridgehead atoms. The highest BCUT2D eigenvalue weighted by atomic mass is 32.2. The summed E-state index contributed by atoms with van der Waals surface area (Å²) < 4.78 is 38.1. The van der Waals surface area contributed by atoms with Crippen molar-refractivity contribution in [2.24, 2.45) is 0 Å². The molecule has 0 aliphatic carbocycles. The maximum atomic E-state index is 11.9. The van der Waals surface area contributed by atoms with Gasteiger partial charge in [-0.1, -0.05) is 6.07 Å². The highest BCUT2D eigenvalue weighted by Gasteiger charge is 2.10. The van der Waals surface area contributed by atoms with E-state index in [4.69, 9.17) is 4.42 Å². The molecule has 3 rings (SSSR count). The first-order valence-corrected chi connectivity index (χ1v) is 8.49. The number of nitrogens with zero attached hydrogens (tertiary/aromatic N) is 1. The Balaban J connectivity index is 2.16. The Bertz CT molecular complexity index is 1060. The topological polar surface area (TPSA) is 121 Å². The minimum Gasteiger partial charge on any atom is -0.744 e. The number of fused-ring (bicyclic) bond motifs is 1. The van der Waals surface area contributed by atoms with E-state index in [0.717, 1.165) is 18.2 Å². The van der Waals surface area contributed by atoms with Gasteiger partial charge in [-0.25, -0.2) is 18.2 Å². The summed E-state index contributed by atoms with van der Waals surface area (Å²) in [6, 6.07) is 6.61. The van der Waals surface area contributed by atoms with E-state index in [9.17, 15) is 22.9 Å². The first-order valence-electron chi connectivity index (χ1n) is 6.20. The molecule has 0 fully saturated rings. The molecule has 1 N–H and O–H groups in total. The van der Waals surface area contributed by atoms with E-state index in [1.807, 2.05) is 0 Å². The van der Waals surface area contributed by atoms with Crippen LogP contribution in [0.2, 0.25) is 0 Å². The van der Waals surface area contributed by atoms with E-state index in [1.54, 1.807) is 17.5 Å². The summed E-state index contributed by atoms with van der Waals surface area (Å²) in [7, 11) is -4.65. The van der Waals surface area contributed by atoms with Gasteiger partial charge in [0.1, 0.15) is 21.4 Å². The molecule has 1 aromatic carbocycles. The number of aliphatic hydroxyl groups is 1. The third-order valence-electron chi connectivity index (χ3n) is 2.92. The second-order valence-electron chi connectivity index (χ2n) is 4.48. The summed E-state index contributed by atoms with van der Waals surface area (Å²) in [6.45, 7) is 0. The number of benzene rings is 1. The fourth-order valence-corrected chi connectivity index (χ4v) is 3.00. The molecule has 7 nitrogen and oxygen atoms in total. The van der Waals surface area contributed by atoms with Crippen LogP contribution in [0.15, 0.2) is 49.8 Å². The summed E-state index contributed by atoms with van der Waals surface area (Å²) >= 11 is 1.27. The van der Waals surface area contributed by atoms with Crippen molar-refractivity contribution in [1.82, 2.24) is 4.98 Å². The maximum Gasteiger partial charge on any atom is 0.362 e. The predicted molar refractivity (Wildman–Crippen MR) is 83.1 cm³/mol. The zero-order chi connectivity index (χ0) is 16.6. The summed E-state index contributed by atoms with van der Waals surface area (Å²) in [6.07, 6.45) is 1.12. The standard InChI is InChI=1S/C14H9NO6S2/c16-11(13-2-1-5-22-13)7-10-14(17)21-12-4-3-8(23(18,19)20)6-9(12)15-10/h1-7,16H,(H,18,19,20)/p-1/b11-7-. The van der Waals surface area contributed by atoms with Gasteiger partial charge in [0.2, 0.25) is 0 Å². The van der Waals surface area contributed by atoms with Gasteiger partial charge in [0.15, 0.2) is 11.3 Å². The van der Waals surface area contributed by atoms with Gasteiger partial charge in [0.05, 0.1) is 9.77 Å². The molecule has 0 radical (unpaired) electrons. The maximum absolute atomic E-state index is 11.9. The van der Waals surface area contributed by atoms with Crippen molar-refractivity contribution in [3.63, 3.8) is 0 Å². The smallest absolute Gasteiger partial charge is 0.362 e. The van der Waals surface area contributed by atoms with Gasteiger partial charge in [-0.05, 0) is 29.6 Å². The van der Waals surface area contributed by atoms with Crippen LogP contribution in [0.5, 0.6) is 0 Å². The summed E-state index contributed by atoms with van der Waals surface area (Å²) in [4.78, 5) is 15.9. The van der Waals surface area contributed by atoms with Gasteiger partial charge in [0, 0.05) is 6.08 Å². The van der Waals surface area contributed by atoms with Crippen LogP contribution in [0, 0.1) is 0 Å². The molecule has 9 heteroatoms. The van der Waals surface area contributed by atoms with E-state index < -0.39 is 20.6 Å². The van der Waals surface area contributed by atoms with Crippen LogP contribution < -0.4 is 5.63 Å². The SMILES string of the molecule is O=c1oc2ccc(S(=O)(=O)[O-])cc2nc1/C=C(\O)c1cccs1. The molecule has 3 aromatic rings. The number of aliphatic hydroxyl groups excluding tert-OH is 1. The number of aromatic nitrogens is 1. The molecular weight excluding hydrogens is 342 g/mol. The average Bonchev–Trinajstić information content (AvgIpc) is 3.01. The fourth-order valence-electron chi connectivity index (χ4n) is 1.87.